The number of benzene rings is 1. The molecule has 0 bridgehead atoms. The van der Waals surface area contributed by atoms with Crippen LogP contribution in [0.2, 0.25) is 0 Å². The first-order valence-electron chi connectivity index (χ1n) is 6.93. The number of aromatic nitrogens is 2. The normalized spacial score (nSPS) is 12.1. The Morgan fingerprint density at radius 1 is 1.15 bits per heavy atom. The van der Waals surface area contributed by atoms with Crippen molar-refractivity contribution in [3.63, 3.8) is 0 Å². The molecule has 0 saturated carbocycles. The van der Waals surface area contributed by atoms with E-state index < -0.39 is 0 Å². The van der Waals surface area contributed by atoms with Crippen LogP contribution in [0.4, 0.5) is 5.82 Å². The van der Waals surface area contributed by atoms with Crippen molar-refractivity contribution in [2.75, 3.05) is 12.8 Å². The summed E-state index contributed by atoms with van der Waals surface area (Å²) in [7, 11) is 2.10. The molecule has 20 heavy (non-hydrogen) atoms. The predicted octanol–water partition coefficient (Wildman–Crippen LogP) is 2.85. The van der Waals surface area contributed by atoms with Gasteiger partial charge in [0.25, 0.3) is 0 Å². The molecule has 1 aromatic carbocycles. The number of anilines is 1. The van der Waals surface area contributed by atoms with Gasteiger partial charge in [-0.05, 0) is 33.4 Å². The number of nitrogens with zero attached hydrogens (tertiary/aromatic N) is 3. The molecule has 2 N–H and O–H groups in total. The molecule has 4 nitrogen and oxygen atoms in total. The van der Waals surface area contributed by atoms with Crippen LogP contribution in [-0.4, -0.2) is 21.7 Å². The highest BCUT2D eigenvalue weighted by Gasteiger charge is 2.19. The predicted molar refractivity (Wildman–Crippen MR) is 83.2 cm³/mol. The lowest BCUT2D eigenvalue weighted by molar-refractivity contribution is 0.318. The quantitative estimate of drug-likeness (QED) is 0.931. The van der Waals surface area contributed by atoms with E-state index in [4.69, 9.17) is 5.73 Å². The lowest BCUT2D eigenvalue weighted by Crippen LogP contribution is -2.25. The lowest BCUT2D eigenvalue weighted by Gasteiger charge is -2.21. The van der Waals surface area contributed by atoms with Crippen LogP contribution in [0, 0.1) is 0 Å². The van der Waals surface area contributed by atoms with E-state index in [2.05, 4.69) is 62.1 Å². The van der Waals surface area contributed by atoms with Gasteiger partial charge < -0.3 is 5.73 Å². The Hall–Kier alpha value is -1.81. The Kier molecular flexibility index (Phi) is 4.14. The number of nitrogen functional groups attached to an aromatic ring is 1. The van der Waals surface area contributed by atoms with Gasteiger partial charge in [-0.2, -0.15) is 5.10 Å². The minimum atomic E-state index is -0.0830. The summed E-state index contributed by atoms with van der Waals surface area (Å²) in [6, 6.07) is 10.4. The third-order valence-corrected chi connectivity index (χ3v) is 3.26. The summed E-state index contributed by atoms with van der Waals surface area (Å²) in [6.45, 7) is 8.02. The molecular weight excluding hydrogens is 248 g/mol. The van der Waals surface area contributed by atoms with Crippen molar-refractivity contribution in [2.45, 2.75) is 39.4 Å². The fourth-order valence-corrected chi connectivity index (χ4v) is 2.29. The molecule has 0 amide bonds. The average molecular weight is 272 g/mol. The molecule has 0 saturated heterocycles. The van der Waals surface area contributed by atoms with Crippen molar-refractivity contribution >= 4 is 5.82 Å². The van der Waals surface area contributed by atoms with Crippen LogP contribution in [0.25, 0.3) is 0 Å². The maximum absolute atomic E-state index is 6.20. The molecule has 0 spiro atoms. The zero-order valence-corrected chi connectivity index (χ0v) is 12.8. The second kappa shape index (κ2) is 5.67. The van der Waals surface area contributed by atoms with Crippen molar-refractivity contribution in [3.05, 3.63) is 47.7 Å². The van der Waals surface area contributed by atoms with Crippen LogP contribution in [-0.2, 0) is 18.6 Å². The molecule has 2 aromatic rings. The fraction of sp³-hybridized carbons (Fsp3) is 0.438. The molecule has 0 radical (unpaired) electrons. The van der Waals surface area contributed by atoms with Gasteiger partial charge in [0.1, 0.15) is 5.82 Å². The SMILES string of the molecule is CN(Cc1ccccc1)Cc1cnn(C(C)(C)C)c1N. The summed E-state index contributed by atoms with van der Waals surface area (Å²) in [6.07, 6.45) is 1.88. The standard InChI is InChI=1S/C16H24N4/c1-16(2,3)20-15(17)14(10-18-20)12-19(4)11-13-8-6-5-7-9-13/h5-10H,11-12,17H2,1-4H3. The third kappa shape index (κ3) is 3.39. The van der Waals surface area contributed by atoms with Gasteiger partial charge in [0.05, 0.1) is 11.7 Å². The first-order chi connectivity index (χ1) is 9.38. The molecule has 0 atom stereocenters. The van der Waals surface area contributed by atoms with E-state index in [0.29, 0.717) is 0 Å². The summed E-state index contributed by atoms with van der Waals surface area (Å²) >= 11 is 0. The van der Waals surface area contributed by atoms with Gasteiger partial charge in [-0.1, -0.05) is 30.3 Å². The Bertz CT molecular complexity index is 552. The topological polar surface area (TPSA) is 47.1 Å². The zero-order chi connectivity index (χ0) is 14.8. The molecule has 0 aliphatic carbocycles. The molecular formula is C16H24N4. The molecule has 2 rings (SSSR count). The summed E-state index contributed by atoms with van der Waals surface area (Å²) in [5.74, 6) is 0.761. The van der Waals surface area contributed by atoms with Crippen LogP contribution in [0.3, 0.4) is 0 Å². The average Bonchev–Trinajstić information content (AvgIpc) is 2.72. The van der Waals surface area contributed by atoms with E-state index in [-0.39, 0.29) is 5.54 Å². The minimum Gasteiger partial charge on any atom is -0.384 e. The van der Waals surface area contributed by atoms with Gasteiger partial charge in [-0.15, -0.1) is 0 Å². The van der Waals surface area contributed by atoms with Gasteiger partial charge in [-0.25, -0.2) is 4.68 Å². The van der Waals surface area contributed by atoms with E-state index in [9.17, 15) is 0 Å². The van der Waals surface area contributed by atoms with Crippen molar-refractivity contribution in [3.8, 4) is 0 Å². The summed E-state index contributed by atoms with van der Waals surface area (Å²) in [5, 5.41) is 4.41. The van der Waals surface area contributed by atoms with Crippen molar-refractivity contribution in [1.82, 2.24) is 14.7 Å². The van der Waals surface area contributed by atoms with Crippen LogP contribution in [0.1, 0.15) is 31.9 Å². The highest BCUT2D eigenvalue weighted by Crippen LogP contribution is 2.22. The van der Waals surface area contributed by atoms with Crippen LogP contribution in [0.15, 0.2) is 36.5 Å². The van der Waals surface area contributed by atoms with Crippen LogP contribution < -0.4 is 5.73 Å². The van der Waals surface area contributed by atoms with Crippen molar-refractivity contribution < 1.29 is 0 Å². The minimum absolute atomic E-state index is 0.0830. The molecule has 4 heteroatoms. The zero-order valence-electron chi connectivity index (χ0n) is 12.8. The summed E-state index contributed by atoms with van der Waals surface area (Å²) < 4.78 is 1.89. The molecule has 1 heterocycles. The van der Waals surface area contributed by atoms with Crippen molar-refractivity contribution in [1.29, 1.82) is 0 Å². The van der Waals surface area contributed by atoms with Crippen molar-refractivity contribution in [2.24, 2.45) is 0 Å². The first kappa shape index (κ1) is 14.6. The van der Waals surface area contributed by atoms with E-state index in [0.717, 1.165) is 24.5 Å². The largest absolute Gasteiger partial charge is 0.384 e. The number of rotatable bonds is 4. The Morgan fingerprint density at radius 2 is 1.80 bits per heavy atom. The third-order valence-electron chi connectivity index (χ3n) is 3.26. The summed E-state index contributed by atoms with van der Waals surface area (Å²) in [5.41, 5.74) is 8.51. The smallest absolute Gasteiger partial charge is 0.126 e. The number of nitrogens with two attached hydrogens (primary N) is 1. The van der Waals surface area contributed by atoms with Gasteiger partial charge >= 0.3 is 0 Å². The second-order valence-electron chi connectivity index (χ2n) is 6.30. The van der Waals surface area contributed by atoms with E-state index in [1.165, 1.54) is 5.56 Å². The van der Waals surface area contributed by atoms with E-state index >= 15 is 0 Å². The monoisotopic (exact) mass is 272 g/mol. The van der Waals surface area contributed by atoms with Crippen LogP contribution in [0.5, 0.6) is 0 Å². The van der Waals surface area contributed by atoms with Crippen LogP contribution >= 0.6 is 0 Å². The Morgan fingerprint density at radius 3 is 2.35 bits per heavy atom. The van der Waals surface area contributed by atoms with Gasteiger partial charge in [0.2, 0.25) is 0 Å². The summed E-state index contributed by atoms with van der Waals surface area (Å²) in [4.78, 5) is 2.25. The number of hydrogen-bond acceptors (Lipinski definition) is 3. The first-order valence-corrected chi connectivity index (χ1v) is 6.93. The van der Waals surface area contributed by atoms with E-state index in [1.807, 2.05) is 16.9 Å². The van der Waals surface area contributed by atoms with Gasteiger partial charge in [0, 0.05) is 18.7 Å². The molecule has 0 fully saturated rings. The van der Waals surface area contributed by atoms with E-state index in [1.54, 1.807) is 0 Å². The van der Waals surface area contributed by atoms with Gasteiger partial charge in [-0.3, -0.25) is 4.90 Å². The second-order valence-corrected chi connectivity index (χ2v) is 6.30. The molecule has 0 aliphatic rings. The molecule has 108 valence electrons. The lowest BCUT2D eigenvalue weighted by atomic mass is 10.1. The molecule has 1 aromatic heterocycles. The van der Waals surface area contributed by atoms with Gasteiger partial charge in [0.15, 0.2) is 0 Å². The maximum atomic E-state index is 6.20. The number of hydrogen-bond donors (Lipinski definition) is 1. The Balaban J connectivity index is 2.05. The molecule has 0 aliphatic heterocycles. The highest BCUT2D eigenvalue weighted by molar-refractivity contribution is 5.39. The maximum Gasteiger partial charge on any atom is 0.126 e. The Labute approximate surface area is 121 Å². The fourth-order valence-electron chi connectivity index (χ4n) is 2.29. The highest BCUT2D eigenvalue weighted by atomic mass is 15.3. The molecule has 0 unspecified atom stereocenters.